The summed E-state index contributed by atoms with van der Waals surface area (Å²) in [4.78, 5) is 24.9. The van der Waals surface area contributed by atoms with Gasteiger partial charge in [-0.15, -0.1) is 0 Å². The Bertz CT molecular complexity index is 459. The number of nitrogens with two attached hydrogens (primary N) is 1. The monoisotopic (exact) mass is 264 g/mol. The Morgan fingerprint density at radius 2 is 1.94 bits per heavy atom. The lowest BCUT2D eigenvalue weighted by molar-refractivity contribution is -0.126. The average molecular weight is 264 g/mol. The Kier molecular flexibility index (Phi) is 4.04. The number of carbonyl (C=O) groups excluding carboxylic acids is 2. The summed E-state index contributed by atoms with van der Waals surface area (Å²) in [5.74, 6) is -0.115. The summed E-state index contributed by atoms with van der Waals surface area (Å²) in [6, 6.07) is 8.02. The highest BCUT2D eigenvalue weighted by Crippen LogP contribution is 2.29. The number of carbonyl (C=O) groups is 2. The average Bonchev–Trinajstić information content (AvgIpc) is 2.60. The molecule has 1 fully saturated rings. The minimum absolute atomic E-state index is 0.115. The molecule has 1 aromatic carbocycles. The summed E-state index contributed by atoms with van der Waals surface area (Å²) in [6.45, 7) is 2.65. The van der Waals surface area contributed by atoms with Gasteiger partial charge in [0, 0.05) is 13.1 Å². The van der Waals surface area contributed by atoms with Gasteiger partial charge in [-0.2, -0.15) is 0 Å². The second kappa shape index (κ2) is 5.54. The van der Waals surface area contributed by atoms with Crippen LogP contribution >= 0.6 is 11.8 Å². The van der Waals surface area contributed by atoms with Crippen LogP contribution in [-0.2, 0) is 11.2 Å². The van der Waals surface area contributed by atoms with E-state index in [0.717, 1.165) is 17.3 Å². The van der Waals surface area contributed by atoms with Gasteiger partial charge in [0.1, 0.15) is 0 Å². The molecule has 0 saturated carbocycles. The van der Waals surface area contributed by atoms with E-state index in [9.17, 15) is 9.59 Å². The van der Waals surface area contributed by atoms with Crippen LogP contribution in [0.5, 0.6) is 0 Å². The number of thioether (sulfide) groups is 1. The molecule has 1 aliphatic heterocycles. The Morgan fingerprint density at radius 3 is 2.56 bits per heavy atom. The van der Waals surface area contributed by atoms with Crippen LogP contribution in [0.25, 0.3) is 0 Å². The van der Waals surface area contributed by atoms with E-state index in [-0.39, 0.29) is 16.4 Å². The van der Waals surface area contributed by atoms with Gasteiger partial charge >= 0.3 is 0 Å². The van der Waals surface area contributed by atoms with E-state index >= 15 is 0 Å². The first-order valence-electron chi connectivity index (χ1n) is 5.89. The smallest absolute Gasteiger partial charge is 0.289 e. The number of benzene rings is 1. The molecule has 2 amide bonds. The molecule has 1 unspecified atom stereocenters. The van der Waals surface area contributed by atoms with Gasteiger partial charge in [-0.3, -0.25) is 14.5 Å². The van der Waals surface area contributed by atoms with Crippen LogP contribution in [0.3, 0.4) is 0 Å². The van der Waals surface area contributed by atoms with Gasteiger partial charge in [0.15, 0.2) is 0 Å². The fraction of sp³-hybridized carbons (Fsp3) is 0.385. The number of hydrogen-bond donors (Lipinski definition) is 1. The molecule has 1 aliphatic rings. The SMILES string of the molecule is Cc1ccc(CC2SC(=O)N(CCN)C2=O)cc1. The Balaban J connectivity index is 2.05. The molecule has 2 rings (SSSR count). The van der Waals surface area contributed by atoms with Gasteiger partial charge < -0.3 is 5.73 Å². The molecule has 0 radical (unpaired) electrons. The molecule has 4 nitrogen and oxygen atoms in total. The van der Waals surface area contributed by atoms with E-state index in [0.29, 0.717) is 19.5 Å². The molecule has 2 N–H and O–H groups in total. The van der Waals surface area contributed by atoms with E-state index < -0.39 is 0 Å². The van der Waals surface area contributed by atoms with Crippen molar-refractivity contribution >= 4 is 22.9 Å². The minimum atomic E-state index is -0.299. The third kappa shape index (κ3) is 2.73. The first-order chi connectivity index (χ1) is 8.61. The van der Waals surface area contributed by atoms with Gasteiger partial charge in [-0.05, 0) is 18.9 Å². The molecular weight excluding hydrogens is 248 g/mol. The van der Waals surface area contributed by atoms with E-state index in [1.165, 1.54) is 10.5 Å². The zero-order valence-electron chi connectivity index (χ0n) is 10.3. The lowest BCUT2D eigenvalue weighted by atomic mass is 10.1. The van der Waals surface area contributed by atoms with E-state index in [1.54, 1.807) is 0 Å². The number of nitrogens with zero attached hydrogens (tertiary/aromatic N) is 1. The number of imide groups is 1. The molecule has 1 atom stereocenters. The van der Waals surface area contributed by atoms with Crippen molar-refractivity contribution in [1.29, 1.82) is 0 Å². The molecule has 1 aromatic rings. The van der Waals surface area contributed by atoms with E-state index in [1.807, 2.05) is 31.2 Å². The summed E-state index contributed by atoms with van der Waals surface area (Å²) in [5, 5.41) is -0.477. The van der Waals surface area contributed by atoms with Crippen molar-refractivity contribution in [3.63, 3.8) is 0 Å². The molecule has 0 aromatic heterocycles. The number of rotatable bonds is 4. The molecule has 0 aliphatic carbocycles. The standard InChI is InChI=1S/C13H16N2O2S/c1-9-2-4-10(5-3-9)8-11-12(16)15(7-6-14)13(17)18-11/h2-5,11H,6-8,14H2,1H3. The first kappa shape index (κ1) is 13.1. The van der Waals surface area contributed by atoms with Crippen LogP contribution in [0, 0.1) is 6.92 Å². The highest BCUT2D eigenvalue weighted by Gasteiger charge is 2.38. The molecule has 1 saturated heterocycles. The highest BCUT2D eigenvalue weighted by molar-refractivity contribution is 8.15. The molecule has 1 heterocycles. The van der Waals surface area contributed by atoms with Crippen LogP contribution in [-0.4, -0.2) is 34.4 Å². The summed E-state index contributed by atoms with van der Waals surface area (Å²) in [6.07, 6.45) is 0.594. The van der Waals surface area contributed by atoms with E-state index in [4.69, 9.17) is 5.73 Å². The van der Waals surface area contributed by atoms with Crippen molar-refractivity contribution in [2.45, 2.75) is 18.6 Å². The van der Waals surface area contributed by atoms with Crippen molar-refractivity contribution in [1.82, 2.24) is 4.90 Å². The zero-order valence-corrected chi connectivity index (χ0v) is 11.1. The van der Waals surface area contributed by atoms with E-state index in [2.05, 4.69) is 0 Å². The Hall–Kier alpha value is -1.33. The van der Waals surface area contributed by atoms with Crippen LogP contribution < -0.4 is 5.73 Å². The van der Waals surface area contributed by atoms with Crippen molar-refractivity contribution in [3.8, 4) is 0 Å². The summed E-state index contributed by atoms with van der Waals surface area (Å²) in [7, 11) is 0. The van der Waals surface area contributed by atoms with Crippen LogP contribution in [0.1, 0.15) is 11.1 Å². The summed E-state index contributed by atoms with van der Waals surface area (Å²) in [5.41, 5.74) is 7.65. The van der Waals surface area contributed by atoms with Crippen molar-refractivity contribution in [3.05, 3.63) is 35.4 Å². The van der Waals surface area contributed by atoms with Gasteiger partial charge in [0.25, 0.3) is 5.24 Å². The third-order valence-electron chi connectivity index (χ3n) is 2.90. The predicted octanol–water partition coefficient (Wildman–Crippen LogP) is 1.56. The number of hydrogen-bond acceptors (Lipinski definition) is 4. The van der Waals surface area contributed by atoms with Gasteiger partial charge in [-0.1, -0.05) is 41.6 Å². The fourth-order valence-corrected chi connectivity index (χ4v) is 2.95. The maximum atomic E-state index is 12.0. The minimum Gasteiger partial charge on any atom is -0.329 e. The normalized spacial score (nSPS) is 19.7. The molecule has 0 spiro atoms. The van der Waals surface area contributed by atoms with Crippen LogP contribution in [0.4, 0.5) is 4.79 Å². The topological polar surface area (TPSA) is 63.4 Å². The molecule has 5 heteroatoms. The van der Waals surface area contributed by atoms with Crippen LogP contribution in [0.2, 0.25) is 0 Å². The van der Waals surface area contributed by atoms with Crippen molar-refractivity contribution < 1.29 is 9.59 Å². The zero-order chi connectivity index (χ0) is 13.1. The number of amides is 2. The molecule has 0 bridgehead atoms. The van der Waals surface area contributed by atoms with Gasteiger partial charge in [-0.25, -0.2) is 0 Å². The summed E-state index contributed by atoms with van der Waals surface area (Å²) < 4.78 is 0. The highest BCUT2D eigenvalue weighted by atomic mass is 32.2. The van der Waals surface area contributed by atoms with Crippen molar-refractivity contribution in [2.75, 3.05) is 13.1 Å². The Labute approximate surface area is 111 Å². The Morgan fingerprint density at radius 1 is 1.28 bits per heavy atom. The second-order valence-corrected chi connectivity index (χ2v) is 5.49. The first-order valence-corrected chi connectivity index (χ1v) is 6.77. The van der Waals surface area contributed by atoms with Crippen LogP contribution in [0.15, 0.2) is 24.3 Å². The predicted molar refractivity (Wildman–Crippen MR) is 72.4 cm³/mol. The quantitative estimate of drug-likeness (QED) is 0.896. The molecule has 96 valence electrons. The largest absolute Gasteiger partial charge is 0.329 e. The van der Waals surface area contributed by atoms with Gasteiger partial charge in [0.2, 0.25) is 5.91 Å². The lowest BCUT2D eigenvalue weighted by Crippen LogP contribution is -2.36. The maximum Gasteiger partial charge on any atom is 0.289 e. The van der Waals surface area contributed by atoms with Gasteiger partial charge in [0.05, 0.1) is 5.25 Å². The lowest BCUT2D eigenvalue weighted by Gasteiger charge is -2.12. The fourth-order valence-electron chi connectivity index (χ4n) is 1.90. The molecule has 18 heavy (non-hydrogen) atoms. The third-order valence-corrected chi connectivity index (χ3v) is 3.97. The number of aryl methyl sites for hydroxylation is 1. The second-order valence-electron chi connectivity index (χ2n) is 4.34. The molecular formula is C13H16N2O2S. The van der Waals surface area contributed by atoms with Crippen molar-refractivity contribution in [2.24, 2.45) is 5.73 Å². The maximum absolute atomic E-state index is 12.0. The summed E-state index contributed by atoms with van der Waals surface area (Å²) >= 11 is 1.10.